The Hall–Kier alpha value is -3.04. The van der Waals surface area contributed by atoms with Gasteiger partial charge in [0.05, 0.1) is 24.7 Å². The summed E-state index contributed by atoms with van der Waals surface area (Å²) in [6.45, 7) is -0.619. The number of nitrogens with one attached hydrogen (secondary N) is 1. The van der Waals surface area contributed by atoms with Gasteiger partial charge in [-0.1, -0.05) is 42.1 Å². The number of aromatic nitrogens is 5. The normalized spacial score (nSPS) is 27.9. The standard InChI is InChI=1S/C21H20N5O9PS/c27-13-6-21(9-33-36(31,32)34-10-21)35-18(13)26-16-15(23-20(26)37-8-14(28)29)17(30)25-7-12(22-19(25)24-16)11-4-2-1-3-5-11/h1-5,7,13,18,27H,6,8-10H2,(H,22,24)(H,28,29)(H,31,32)/t13?,18-/m1/s1. The molecule has 0 aliphatic carbocycles. The van der Waals surface area contributed by atoms with Crippen LogP contribution in [-0.2, 0) is 23.1 Å². The third-order valence-corrected chi connectivity index (χ3v) is 7.99. The lowest BCUT2D eigenvalue weighted by Gasteiger charge is -2.33. The van der Waals surface area contributed by atoms with Gasteiger partial charge in [0.15, 0.2) is 22.5 Å². The van der Waals surface area contributed by atoms with E-state index >= 15 is 0 Å². The van der Waals surface area contributed by atoms with Crippen molar-refractivity contribution in [2.75, 3.05) is 19.0 Å². The maximum atomic E-state index is 13.4. The molecule has 2 atom stereocenters. The average molecular weight is 549 g/mol. The van der Waals surface area contributed by atoms with Crippen LogP contribution in [0.4, 0.5) is 0 Å². The summed E-state index contributed by atoms with van der Waals surface area (Å²) < 4.78 is 30.3. The summed E-state index contributed by atoms with van der Waals surface area (Å²) >= 11 is 0.838. The van der Waals surface area contributed by atoms with Crippen LogP contribution in [0.25, 0.3) is 28.2 Å². The number of imidazole rings is 2. The minimum absolute atomic E-state index is 0.0116. The number of phosphoric acid groups is 1. The summed E-state index contributed by atoms with van der Waals surface area (Å²) in [7, 11) is -4.20. The van der Waals surface area contributed by atoms with Gasteiger partial charge < -0.3 is 24.8 Å². The topological polar surface area (TPSA) is 190 Å². The fraction of sp³-hybridized carbons (Fsp3) is 0.333. The molecule has 194 valence electrons. The second-order valence-corrected chi connectivity index (χ2v) is 11.1. The number of hydrogen-bond donors (Lipinski definition) is 4. The summed E-state index contributed by atoms with van der Waals surface area (Å²) in [6.07, 6.45) is -0.735. The van der Waals surface area contributed by atoms with Gasteiger partial charge in [-0.25, -0.2) is 13.9 Å². The van der Waals surface area contributed by atoms with Gasteiger partial charge in [0.1, 0.15) is 11.7 Å². The first-order valence-corrected chi connectivity index (χ1v) is 13.5. The van der Waals surface area contributed by atoms with Crippen LogP contribution in [0.1, 0.15) is 12.6 Å². The predicted octanol–water partition coefficient (Wildman–Crippen LogP) is 1.38. The SMILES string of the molecule is O=C(O)CSc1nc2c(=O)n3cc(-c4ccccc4)[nH]c3nc2n1[C@@H]1OC2(COP(=O)(O)OC2)CC1O. The van der Waals surface area contributed by atoms with Crippen molar-refractivity contribution in [1.29, 1.82) is 0 Å². The number of aliphatic hydroxyl groups is 1. The Morgan fingerprint density at radius 3 is 2.68 bits per heavy atom. The van der Waals surface area contributed by atoms with Crippen molar-refractivity contribution in [3.8, 4) is 11.3 Å². The van der Waals surface area contributed by atoms with Crippen molar-refractivity contribution in [2.45, 2.75) is 29.5 Å². The van der Waals surface area contributed by atoms with Crippen molar-refractivity contribution >= 4 is 42.5 Å². The minimum Gasteiger partial charge on any atom is -0.481 e. The smallest absolute Gasteiger partial charge is 0.472 e. The number of ether oxygens (including phenoxy) is 1. The zero-order valence-corrected chi connectivity index (χ0v) is 20.6. The van der Waals surface area contributed by atoms with Crippen LogP contribution in [-0.4, -0.2) is 75.7 Å². The van der Waals surface area contributed by atoms with E-state index in [9.17, 15) is 29.3 Å². The van der Waals surface area contributed by atoms with Crippen molar-refractivity contribution in [1.82, 2.24) is 23.9 Å². The number of thioether (sulfide) groups is 1. The molecule has 37 heavy (non-hydrogen) atoms. The average Bonchev–Trinajstić information content (AvgIpc) is 3.54. The molecular weight excluding hydrogens is 529 g/mol. The Morgan fingerprint density at radius 2 is 1.97 bits per heavy atom. The van der Waals surface area contributed by atoms with Gasteiger partial charge in [-0.05, 0) is 5.56 Å². The van der Waals surface area contributed by atoms with Crippen LogP contribution in [0.2, 0.25) is 0 Å². The van der Waals surface area contributed by atoms with E-state index in [0.717, 1.165) is 17.3 Å². The number of hydrogen-bond acceptors (Lipinski definition) is 10. The van der Waals surface area contributed by atoms with E-state index < -0.39 is 37.3 Å². The van der Waals surface area contributed by atoms with Crippen molar-refractivity contribution in [3.05, 3.63) is 46.9 Å². The molecule has 0 radical (unpaired) electrons. The first-order valence-electron chi connectivity index (χ1n) is 11.1. The van der Waals surface area contributed by atoms with Gasteiger partial charge in [0, 0.05) is 12.6 Å². The Morgan fingerprint density at radius 1 is 1.24 bits per heavy atom. The Bertz CT molecular complexity index is 1620. The lowest BCUT2D eigenvalue weighted by Crippen LogP contribution is -2.42. The lowest BCUT2D eigenvalue weighted by atomic mass is 10.0. The molecule has 2 aliphatic heterocycles. The highest BCUT2D eigenvalue weighted by Gasteiger charge is 2.53. The van der Waals surface area contributed by atoms with E-state index in [-0.39, 0.29) is 47.5 Å². The third-order valence-electron chi connectivity index (χ3n) is 6.15. The number of rotatable bonds is 5. The van der Waals surface area contributed by atoms with Crippen LogP contribution in [0.5, 0.6) is 0 Å². The number of carboxylic acid groups (broad SMARTS) is 1. The molecule has 16 heteroatoms. The molecular formula is C21H20N5O9PS. The van der Waals surface area contributed by atoms with E-state index in [1.807, 2.05) is 30.3 Å². The summed E-state index contributed by atoms with van der Waals surface area (Å²) in [6, 6.07) is 9.33. The third kappa shape index (κ3) is 4.28. The number of nitrogens with zero attached hydrogens (tertiary/aromatic N) is 4. The molecule has 2 fully saturated rings. The van der Waals surface area contributed by atoms with Gasteiger partial charge in [-0.3, -0.25) is 23.2 Å². The number of H-pyrrole nitrogens is 1. The highest BCUT2D eigenvalue weighted by atomic mass is 32.2. The van der Waals surface area contributed by atoms with Gasteiger partial charge in [0.2, 0.25) is 5.78 Å². The minimum atomic E-state index is -4.20. The Kier molecular flexibility index (Phi) is 5.76. The van der Waals surface area contributed by atoms with Gasteiger partial charge in [0.25, 0.3) is 5.56 Å². The molecule has 2 aliphatic rings. The van der Waals surface area contributed by atoms with Crippen LogP contribution in [0, 0.1) is 0 Å². The summed E-state index contributed by atoms with van der Waals surface area (Å²) in [4.78, 5) is 46.2. The number of benzene rings is 1. The molecule has 4 aromatic rings. The van der Waals surface area contributed by atoms with Gasteiger partial charge in [-0.15, -0.1) is 0 Å². The van der Waals surface area contributed by atoms with E-state index in [1.165, 1.54) is 8.97 Å². The second-order valence-electron chi connectivity index (χ2n) is 8.74. The van der Waals surface area contributed by atoms with Crippen LogP contribution < -0.4 is 5.56 Å². The number of aromatic amines is 1. The molecule has 2 saturated heterocycles. The van der Waals surface area contributed by atoms with Crippen molar-refractivity contribution in [2.24, 2.45) is 0 Å². The number of carboxylic acids is 1. The van der Waals surface area contributed by atoms with Crippen molar-refractivity contribution in [3.63, 3.8) is 0 Å². The number of carbonyl (C=O) groups is 1. The monoisotopic (exact) mass is 549 g/mol. The fourth-order valence-electron chi connectivity index (χ4n) is 4.48. The van der Waals surface area contributed by atoms with E-state index in [1.54, 1.807) is 6.20 Å². The van der Waals surface area contributed by atoms with E-state index in [2.05, 4.69) is 15.0 Å². The zero-order chi connectivity index (χ0) is 25.9. The Labute approximate surface area is 211 Å². The summed E-state index contributed by atoms with van der Waals surface area (Å²) in [5.41, 5.74) is -0.228. The van der Waals surface area contributed by atoms with Crippen molar-refractivity contribution < 1.29 is 38.3 Å². The number of phosphoric ester groups is 1. The van der Waals surface area contributed by atoms with Crippen LogP contribution in [0.3, 0.4) is 0 Å². The first kappa shape index (κ1) is 24.3. The molecule has 4 N–H and O–H groups in total. The molecule has 6 rings (SSSR count). The van der Waals surface area contributed by atoms with E-state index in [0.29, 0.717) is 5.69 Å². The van der Waals surface area contributed by atoms with E-state index in [4.69, 9.17) is 13.8 Å². The molecule has 1 spiro atoms. The van der Waals surface area contributed by atoms with Gasteiger partial charge in [-0.2, -0.15) is 4.98 Å². The number of aliphatic hydroxyl groups excluding tert-OH is 1. The van der Waals surface area contributed by atoms with Gasteiger partial charge >= 0.3 is 13.8 Å². The quantitative estimate of drug-likeness (QED) is 0.207. The second kappa shape index (κ2) is 8.77. The molecule has 0 bridgehead atoms. The molecule has 14 nitrogen and oxygen atoms in total. The number of aliphatic carboxylic acids is 1. The highest BCUT2D eigenvalue weighted by molar-refractivity contribution is 7.99. The maximum Gasteiger partial charge on any atom is 0.472 e. The fourth-order valence-corrected chi connectivity index (χ4v) is 6.09. The molecule has 0 saturated carbocycles. The number of fused-ring (bicyclic) bond motifs is 2. The predicted molar refractivity (Wildman–Crippen MR) is 128 cm³/mol. The largest absolute Gasteiger partial charge is 0.481 e. The molecule has 3 aromatic heterocycles. The zero-order valence-electron chi connectivity index (χ0n) is 18.9. The maximum absolute atomic E-state index is 13.4. The molecule has 1 aromatic carbocycles. The Balaban J connectivity index is 1.47. The molecule has 5 heterocycles. The molecule has 0 amide bonds. The lowest BCUT2D eigenvalue weighted by molar-refractivity contribution is -0.144. The first-order chi connectivity index (χ1) is 17.6. The highest BCUT2D eigenvalue weighted by Crippen LogP contribution is 2.52. The van der Waals surface area contributed by atoms with Crippen LogP contribution >= 0.6 is 19.6 Å². The summed E-state index contributed by atoms with van der Waals surface area (Å²) in [5.74, 6) is -1.26. The summed E-state index contributed by atoms with van der Waals surface area (Å²) in [5, 5.41) is 20.3. The molecule has 1 unspecified atom stereocenters. The van der Waals surface area contributed by atoms with Crippen LogP contribution in [0.15, 0.2) is 46.5 Å².